The first-order valence-electron chi connectivity index (χ1n) is 11.1. The fourth-order valence-corrected chi connectivity index (χ4v) is 3.74. The number of benzene rings is 2. The number of carbonyl (C=O) groups is 1. The Balaban J connectivity index is 1.64. The predicted octanol–water partition coefficient (Wildman–Crippen LogP) is 5.50. The van der Waals surface area contributed by atoms with E-state index >= 15 is 4.39 Å². The molecule has 0 bridgehead atoms. The highest BCUT2D eigenvalue weighted by atomic mass is 19.1. The molecule has 0 radical (unpaired) electrons. The Morgan fingerprint density at radius 2 is 1.88 bits per heavy atom. The summed E-state index contributed by atoms with van der Waals surface area (Å²) in [7, 11) is 0. The van der Waals surface area contributed by atoms with Crippen LogP contribution in [0.3, 0.4) is 0 Å². The number of fused-ring (bicyclic) bond motifs is 1. The SMILES string of the molecule is CCNc1ccc(-c2cc3c(Nc4ccccc4)c(C(=O)NC4CC4)cnc3cc2F)cn1. The van der Waals surface area contributed by atoms with Crippen LogP contribution in [0.2, 0.25) is 0 Å². The van der Waals surface area contributed by atoms with E-state index in [4.69, 9.17) is 0 Å². The molecular formula is C26H24FN5O. The summed E-state index contributed by atoms with van der Waals surface area (Å²) in [5, 5.41) is 10.2. The van der Waals surface area contributed by atoms with E-state index in [0.29, 0.717) is 33.3 Å². The summed E-state index contributed by atoms with van der Waals surface area (Å²) in [6, 6.07) is 16.6. The maximum Gasteiger partial charge on any atom is 0.255 e. The first-order chi connectivity index (χ1) is 16.1. The highest BCUT2D eigenvalue weighted by Gasteiger charge is 2.26. The van der Waals surface area contributed by atoms with Crippen molar-refractivity contribution in [3.63, 3.8) is 0 Å². The molecule has 3 N–H and O–H groups in total. The van der Waals surface area contributed by atoms with Crippen LogP contribution in [0.4, 0.5) is 21.6 Å². The molecule has 0 atom stereocenters. The van der Waals surface area contributed by atoms with Crippen LogP contribution in [0.25, 0.3) is 22.0 Å². The standard InChI is InChI=1S/C26H24FN5O/c1-2-28-24-11-8-16(14-30-24)19-12-20-23(13-22(19)27)29-15-21(26(33)32-18-9-10-18)25(20)31-17-6-4-3-5-7-17/h3-8,11-15,18H,2,9-10H2,1H3,(H,28,30)(H,29,31)(H,32,33). The van der Waals surface area contributed by atoms with E-state index in [-0.39, 0.29) is 11.9 Å². The number of rotatable bonds is 7. The minimum absolute atomic E-state index is 0.187. The molecule has 1 saturated carbocycles. The normalized spacial score (nSPS) is 13.0. The van der Waals surface area contributed by atoms with Crippen molar-refractivity contribution in [2.24, 2.45) is 0 Å². The number of nitrogens with one attached hydrogen (secondary N) is 3. The molecule has 166 valence electrons. The second-order valence-electron chi connectivity index (χ2n) is 8.10. The summed E-state index contributed by atoms with van der Waals surface area (Å²) < 4.78 is 15.1. The van der Waals surface area contributed by atoms with Gasteiger partial charge in [0.05, 0.1) is 16.8 Å². The average Bonchev–Trinajstić information content (AvgIpc) is 3.64. The van der Waals surface area contributed by atoms with E-state index in [1.807, 2.05) is 49.4 Å². The van der Waals surface area contributed by atoms with Gasteiger partial charge in [-0.2, -0.15) is 0 Å². The van der Waals surface area contributed by atoms with Gasteiger partial charge in [-0.05, 0) is 50.1 Å². The summed E-state index contributed by atoms with van der Waals surface area (Å²) in [6.45, 7) is 2.74. The van der Waals surface area contributed by atoms with Gasteiger partial charge in [-0.3, -0.25) is 9.78 Å². The molecule has 1 fully saturated rings. The molecule has 1 amide bonds. The van der Waals surface area contributed by atoms with Crippen molar-refractivity contribution in [3.8, 4) is 11.1 Å². The Bertz CT molecular complexity index is 1300. The first-order valence-corrected chi connectivity index (χ1v) is 11.1. The lowest BCUT2D eigenvalue weighted by Gasteiger charge is -2.16. The van der Waals surface area contributed by atoms with Crippen LogP contribution in [-0.4, -0.2) is 28.5 Å². The molecule has 1 aliphatic carbocycles. The van der Waals surface area contributed by atoms with Gasteiger partial charge in [-0.25, -0.2) is 9.37 Å². The fraction of sp³-hybridized carbons (Fsp3) is 0.192. The molecule has 33 heavy (non-hydrogen) atoms. The minimum Gasteiger partial charge on any atom is -0.370 e. The van der Waals surface area contributed by atoms with E-state index < -0.39 is 5.82 Å². The zero-order chi connectivity index (χ0) is 22.8. The van der Waals surface area contributed by atoms with Crippen LogP contribution in [0.15, 0.2) is 67.0 Å². The Kier molecular flexibility index (Phi) is 5.60. The number of pyridine rings is 2. The quantitative estimate of drug-likeness (QED) is 0.353. The molecule has 4 aromatic rings. The fourth-order valence-electron chi connectivity index (χ4n) is 3.74. The molecule has 2 aromatic heterocycles. The second kappa shape index (κ2) is 8.86. The molecular weight excluding hydrogens is 417 g/mol. The maximum atomic E-state index is 15.1. The first kappa shape index (κ1) is 20.9. The van der Waals surface area contributed by atoms with Crippen molar-refractivity contribution in [3.05, 3.63) is 78.4 Å². The van der Waals surface area contributed by atoms with Crippen LogP contribution in [0, 0.1) is 5.82 Å². The molecule has 7 heteroatoms. The molecule has 6 nitrogen and oxygen atoms in total. The number of anilines is 3. The highest BCUT2D eigenvalue weighted by Crippen LogP contribution is 2.34. The van der Waals surface area contributed by atoms with Crippen molar-refractivity contribution in [1.29, 1.82) is 0 Å². The lowest BCUT2D eigenvalue weighted by Crippen LogP contribution is -2.26. The molecule has 2 aromatic carbocycles. The minimum atomic E-state index is -0.395. The molecule has 0 saturated heterocycles. The van der Waals surface area contributed by atoms with Crippen LogP contribution in [0.5, 0.6) is 0 Å². The molecule has 0 spiro atoms. The van der Waals surface area contributed by atoms with E-state index in [1.54, 1.807) is 12.3 Å². The number of aromatic nitrogens is 2. The Labute approximate surface area is 191 Å². The number of hydrogen-bond donors (Lipinski definition) is 3. The van der Waals surface area contributed by atoms with Crippen molar-refractivity contribution in [2.75, 3.05) is 17.2 Å². The highest BCUT2D eigenvalue weighted by molar-refractivity contribution is 6.09. The van der Waals surface area contributed by atoms with E-state index in [9.17, 15) is 4.79 Å². The number of nitrogens with zero attached hydrogens (tertiary/aromatic N) is 2. The van der Waals surface area contributed by atoms with E-state index in [0.717, 1.165) is 30.9 Å². The number of para-hydroxylation sites is 1. The summed E-state index contributed by atoms with van der Waals surface area (Å²) in [6.07, 6.45) is 5.12. The van der Waals surface area contributed by atoms with Gasteiger partial charge < -0.3 is 16.0 Å². The predicted molar refractivity (Wildman–Crippen MR) is 129 cm³/mol. The third-order valence-electron chi connectivity index (χ3n) is 5.59. The van der Waals surface area contributed by atoms with Gasteiger partial charge in [0.15, 0.2) is 0 Å². The number of amides is 1. The lowest BCUT2D eigenvalue weighted by atomic mass is 10.0. The number of halogens is 1. The molecule has 0 unspecified atom stereocenters. The third kappa shape index (κ3) is 4.48. The zero-order valence-electron chi connectivity index (χ0n) is 18.2. The molecule has 0 aliphatic heterocycles. The van der Waals surface area contributed by atoms with Crippen molar-refractivity contribution >= 4 is 34.0 Å². The lowest BCUT2D eigenvalue weighted by molar-refractivity contribution is 0.0951. The summed E-state index contributed by atoms with van der Waals surface area (Å²) >= 11 is 0. The summed E-state index contributed by atoms with van der Waals surface area (Å²) in [5.74, 6) is 0.149. The number of hydrogen-bond acceptors (Lipinski definition) is 5. The Hall–Kier alpha value is -4.00. The van der Waals surface area contributed by atoms with Gasteiger partial charge in [0.1, 0.15) is 11.6 Å². The van der Waals surface area contributed by atoms with Crippen LogP contribution < -0.4 is 16.0 Å². The topological polar surface area (TPSA) is 78.9 Å². The van der Waals surface area contributed by atoms with E-state index in [2.05, 4.69) is 25.9 Å². The smallest absolute Gasteiger partial charge is 0.255 e. The summed E-state index contributed by atoms with van der Waals surface area (Å²) in [5.41, 5.74) is 3.37. The summed E-state index contributed by atoms with van der Waals surface area (Å²) in [4.78, 5) is 21.8. The largest absolute Gasteiger partial charge is 0.370 e. The van der Waals surface area contributed by atoms with Crippen molar-refractivity contribution < 1.29 is 9.18 Å². The van der Waals surface area contributed by atoms with Gasteiger partial charge >= 0.3 is 0 Å². The molecule has 5 rings (SSSR count). The number of carbonyl (C=O) groups excluding carboxylic acids is 1. The van der Waals surface area contributed by atoms with Crippen LogP contribution >= 0.6 is 0 Å². The third-order valence-corrected chi connectivity index (χ3v) is 5.59. The van der Waals surface area contributed by atoms with Gasteiger partial charge in [0.2, 0.25) is 0 Å². The van der Waals surface area contributed by atoms with E-state index in [1.165, 1.54) is 12.3 Å². The van der Waals surface area contributed by atoms with Gasteiger partial charge in [0, 0.05) is 53.2 Å². The molecule has 1 aliphatic rings. The van der Waals surface area contributed by atoms with Crippen molar-refractivity contribution in [1.82, 2.24) is 15.3 Å². The van der Waals surface area contributed by atoms with Gasteiger partial charge in [-0.15, -0.1) is 0 Å². The zero-order valence-corrected chi connectivity index (χ0v) is 18.2. The monoisotopic (exact) mass is 441 g/mol. The average molecular weight is 442 g/mol. The molecule has 2 heterocycles. The second-order valence-corrected chi connectivity index (χ2v) is 8.10. The van der Waals surface area contributed by atoms with Gasteiger partial charge in [0.25, 0.3) is 5.91 Å². The Morgan fingerprint density at radius 3 is 2.58 bits per heavy atom. The Morgan fingerprint density at radius 1 is 1.06 bits per heavy atom. The van der Waals surface area contributed by atoms with Crippen LogP contribution in [-0.2, 0) is 0 Å². The van der Waals surface area contributed by atoms with Gasteiger partial charge in [-0.1, -0.05) is 18.2 Å². The van der Waals surface area contributed by atoms with Crippen molar-refractivity contribution in [2.45, 2.75) is 25.8 Å². The van der Waals surface area contributed by atoms with Crippen LogP contribution in [0.1, 0.15) is 30.1 Å². The maximum absolute atomic E-state index is 15.1.